The number of carbonyl (C=O) groups is 1. The third-order valence-corrected chi connectivity index (χ3v) is 2.60. The predicted octanol–water partition coefficient (Wildman–Crippen LogP) is 3.95. The van der Waals surface area contributed by atoms with Crippen molar-refractivity contribution in [1.29, 1.82) is 0 Å². The van der Waals surface area contributed by atoms with Gasteiger partial charge in [0.2, 0.25) is 0 Å². The molecule has 0 aliphatic rings. The first kappa shape index (κ1) is 12.7. The summed E-state index contributed by atoms with van der Waals surface area (Å²) in [6, 6.07) is 9.10. The molecule has 2 nitrogen and oxygen atoms in total. The summed E-state index contributed by atoms with van der Waals surface area (Å²) >= 11 is 3.21. The molecule has 0 radical (unpaired) electrons. The van der Waals surface area contributed by atoms with Crippen molar-refractivity contribution < 1.29 is 18.3 Å². The second-order valence-electron chi connectivity index (χ2n) is 3.51. The molecule has 0 spiro atoms. The van der Waals surface area contributed by atoms with Crippen LogP contribution in [0.3, 0.4) is 0 Å². The van der Waals surface area contributed by atoms with Crippen LogP contribution in [0.5, 0.6) is 5.75 Å². The molecular formula is C13H7BrF2O2. The minimum absolute atomic E-state index is 0.169. The largest absolute Gasteiger partial charge is 0.423 e. The van der Waals surface area contributed by atoms with Crippen LogP contribution in [0.15, 0.2) is 46.9 Å². The Kier molecular flexibility index (Phi) is 3.72. The summed E-state index contributed by atoms with van der Waals surface area (Å²) < 4.78 is 31.4. The molecule has 92 valence electrons. The third-order valence-electron chi connectivity index (χ3n) is 2.11. The molecule has 0 atom stereocenters. The number of ether oxygens (including phenoxy) is 1. The van der Waals surface area contributed by atoms with E-state index in [0.29, 0.717) is 10.5 Å². The minimum atomic E-state index is -0.799. The normalized spacial score (nSPS) is 10.2. The van der Waals surface area contributed by atoms with Gasteiger partial charge in [-0.2, -0.15) is 0 Å². The van der Waals surface area contributed by atoms with Crippen molar-refractivity contribution in [1.82, 2.24) is 0 Å². The van der Waals surface area contributed by atoms with Gasteiger partial charge in [0, 0.05) is 22.7 Å². The lowest BCUT2D eigenvalue weighted by molar-refractivity contribution is 0.0734. The molecule has 0 aliphatic heterocycles. The van der Waals surface area contributed by atoms with Gasteiger partial charge in [0.1, 0.15) is 17.4 Å². The Labute approximate surface area is 110 Å². The first-order valence-corrected chi connectivity index (χ1v) is 5.78. The standard InChI is InChI=1S/C13H7BrF2O2/c14-9-3-1-2-8(4-9)13(17)18-12-6-10(15)5-11(16)7-12/h1-7H. The third kappa shape index (κ3) is 3.13. The highest BCUT2D eigenvalue weighted by Crippen LogP contribution is 2.18. The molecule has 0 aliphatic carbocycles. The van der Waals surface area contributed by atoms with Crippen LogP contribution >= 0.6 is 15.9 Å². The number of esters is 1. The van der Waals surface area contributed by atoms with Gasteiger partial charge in [0.25, 0.3) is 0 Å². The van der Waals surface area contributed by atoms with Gasteiger partial charge < -0.3 is 4.74 Å². The summed E-state index contributed by atoms with van der Waals surface area (Å²) in [4.78, 5) is 11.7. The zero-order valence-corrected chi connectivity index (χ0v) is 10.6. The maximum Gasteiger partial charge on any atom is 0.343 e. The zero-order valence-electron chi connectivity index (χ0n) is 8.99. The number of hydrogen-bond acceptors (Lipinski definition) is 2. The molecule has 0 saturated heterocycles. The number of benzene rings is 2. The maximum atomic E-state index is 12.9. The number of halogens is 3. The highest BCUT2D eigenvalue weighted by Gasteiger charge is 2.10. The summed E-state index contributed by atoms with van der Waals surface area (Å²) in [6.45, 7) is 0. The lowest BCUT2D eigenvalue weighted by atomic mass is 10.2. The Morgan fingerprint density at radius 1 is 1.06 bits per heavy atom. The van der Waals surface area contributed by atoms with Crippen molar-refractivity contribution in [3.63, 3.8) is 0 Å². The topological polar surface area (TPSA) is 26.3 Å². The molecular weight excluding hydrogens is 306 g/mol. The highest BCUT2D eigenvalue weighted by molar-refractivity contribution is 9.10. The van der Waals surface area contributed by atoms with E-state index in [0.717, 1.165) is 12.1 Å². The maximum absolute atomic E-state index is 12.9. The summed E-state index contributed by atoms with van der Waals surface area (Å²) in [7, 11) is 0. The Morgan fingerprint density at radius 2 is 1.72 bits per heavy atom. The van der Waals surface area contributed by atoms with Crippen LogP contribution in [0.4, 0.5) is 8.78 Å². The van der Waals surface area contributed by atoms with E-state index in [1.807, 2.05) is 0 Å². The van der Waals surface area contributed by atoms with E-state index in [4.69, 9.17) is 4.74 Å². The zero-order chi connectivity index (χ0) is 13.1. The fraction of sp³-hybridized carbons (Fsp3) is 0. The monoisotopic (exact) mass is 312 g/mol. The summed E-state index contributed by atoms with van der Waals surface area (Å²) in [5.74, 6) is -2.45. The molecule has 0 N–H and O–H groups in total. The van der Waals surface area contributed by atoms with Gasteiger partial charge in [-0.05, 0) is 18.2 Å². The lowest BCUT2D eigenvalue weighted by Crippen LogP contribution is -2.08. The van der Waals surface area contributed by atoms with Gasteiger partial charge in [0.05, 0.1) is 5.56 Å². The van der Waals surface area contributed by atoms with Crippen molar-refractivity contribution >= 4 is 21.9 Å². The van der Waals surface area contributed by atoms with Crippen LogP contribution < -0.4 is 4.74 Å². The van der Waals surface area contributed by atoms with Crippen molar-refractivity contribution in [2.24, 2.45) is 0 Å². The van der Waals surface area contributed by atoms with E-state index in [2.05, 4.69) is 15.9 Å². The fourth-order valence-electron chi connectivity index (χ4n) is 1.37. The Bertz CT molecular complexity index is 579. The van der Waals surface area contributed by atoms with Crippen LogP contribution in [0.25, 0.3) is 0 Å². The fourth-order valence-corrected chi connectivity index (χ4v) is 1.77. The van der Waals surface area contributed by atoms with Gasteiger partial charge in [-0.1, -0.05) is 22.0 Å². The molecule has 0 saturated carbocycles. The molecule has 0 bridgehead atoms. The van der Waals surface area contributed by atoms with Gasteiger partial charge in [-0.15, -0.1) is 0 Å². The molecule has 0 heterocycles. The van der Waals surface area contributed by atoms with Crippen molar-refractivity contribution in [3.05, 3.63) is 64.1 Å². The molecule has 2 aromatic carbocycles. The summed E-state index contributed by atoms with van der Waals surface area (Å²) in [5, 5.41) is 0. The Hall–Kier alpha value is -1.75. The van der Waals surface area contributed by atoms with Gasteiger partial charge in [-0.3, -0.25) is 0 Å². The van der Waals surface area contributed by atoms with Gasteiger partial charge >= 0.3 is 5.97 Å². The second-order valence-corrected chi connectivity index (χ2v) is 4.42. The van der Waals surface area contributed by atoms with E-state index in [9.17, 15) is 13.6 Å². The highest BCUT2D eigenvalue weighted by atomic mass is 79.9. The van der Waals surface area contributed by atoms with E-state index < -0.39 is 17.6 Å². The Morgan fingerprint density at radius 3 is 2.33 bits per heavy atom. The quantitative estimate of drug-likeness (QED) is 0.620. The average Bonchev–Trinajstić information content (AvgIpc) is 2.27. The van der Waals surface area contributed by atoms with E-state index in [-0.39, 0.29) is 11.3 Å². The average molecular weight is 313 g/mol. The summed E-state index contributed by atoms with van der Waals surface area (Å²) in [6.07, 6.45) is 0. The number of carbonyl (C=O) groups excluding carboxylic acids is 1. The molecule has 5 heteroatoms. The molecule has 2 rings (SSSR count). The smallest absolute Gasteiger partial charge is 0.343 e. The summed E-state index contributed by atoms with van der Waals surface area (Å²) in [5.41, 5.74) is 0.286. The van der Waals surface area contributed by atoms with Crippen LogP contribution in [0.1, 0.15) is 10.4 Å². The number of rotatable bonds is 2. The van der Waals surface area contributed by atoms with Gasteiger partial charge in [0.15, 0.2) is 0 Å². The second kappa shape index (κ2) is 5.27. The van der Waals surface area contributed by atoms with Crippen molar-refractivity contribution in [3.8, 4) is 5.75 Å². The van der Waals surface area contributed by atoms with Crippen LogP contribution in [-0.4, -0.2) is 5.97 Å². The van der Waals surface area contributed by atoms with E-state index in [1.165, 1.54) is 0 Å². The van der Waals surface area contributed by atoms with Crippen molar-refractivity contribution in [2.75, 3.05) is 0 Å². The SMILES string of the molecule is O=C(Oc1cc(F)cc(F)c1)c1cccc(Br)c1. The number of hydrogen-bond donors (Lipinski definition) is 0. The van der Waals surface area contributed by atoms with Crippen LogP contribution in [-0.2, 0) is 0 Å². The molecule has 18 heavy (non-hydrogen) atoms. The molecule has 0 unspecified atom stereocenters. The first-order chi connectivity index (χ1) is 8.54. The lowest BCUT2D eigenvalue weighted by Gasteiger charge is -2.05. The molecule has 0 amide bonds. The van der Waals surface area contributed by atoms with E-state index in [1.54, 1.807) is 24.3 Å². The molecule has 2 aromatic rings. The van der Waals surface area contributed by atoms with Gasteiger partial charge in [-0.25, -0.2) is 13.6 Å². The Balaban J connectivity index is 2.21. The first-order valence-electron chi connectivity index (χ1n) is 4.98. The van der Waals surface area contributed by atoms with Crippen LogP contribution in [0.2, 0.25) is 0 Å². The van der Waals surface area contributed by atoms with E-state index >= 15 is 0 Å². The molecule has 0 fully saturated rings. The van der Waals surface area contributed by atoms with Crippen molar-refractivity contribution in [2.45, 2.75) is 0 Å². The predicted molar refractivity (Wildman–Crippen MR) is 65.5 cm³/mol. The minimum Gasteiger partial charge on any atom is -0.423 e. The molecule has 0 aromatic heterocycles. The van der Waals surface area contributed by atoms with Crippen LogP contribution in [0, 0.1) is 11.6 Å².